The van der Waals surface area contributed by atoms with Gasteiger partial charge in [-0.3, -0.25) is 0 Å². The number of hydrogen-bond acceptors (Lipinski definition) is 2. The first kappa shape index (κ1) is 12.4. The van der Waals surface area contributed by atoms with E-state index >= 15 is 0 Å². The van der Waals surface area contributed by atoms with Crippen molar-refractivity contribution >= 4 is 5.69 Å². The monoisotopic (exact) mass is 236 g/mol. The molecule has 17 heavy (non-hydrogen) atoms. The van der Waals surface area contributed by atoms with Crippen LogP contribution >= 0.6 is 0 Å². The summed E-state index contributed by atoms with van der Waals surface area (Å²) >= 11 is 0. The SMILES string of the molecule is CCN(c1c(F)cccc1C(C)NC)C1CC1. The first-order valence-corrected chi connectivity index (χ1v) is 6.41. The van der Waals surface area contributed by atoms with Gasteiger partial charge in [0.2, 0.25) is 0 Å². The van der Waals surface area contributed by atoms with Crippen LogP contribution in [0.1, 0.15) is 38.3 Å². The predicted octanol–water partition coefficient (Wildman–Crippen LogP) is 3.09. The molecule has 1 saturated carbocycles. The Morgan fingerprint density at radius 2 is 2.18 bits per heavy atom. The second kappa shape index (κ2) is 5.05. The highest BCUT2D eigenvalue weighted by molar-refractivity contribution is 5.57. The summed E-state index contributed by atoms with van der Waals surface area (Å²) in [5.74, 6) is -0.0988. The van der Waals surface area contributed by atoms with Gasteiger partial charge < -0.3 is 10.2 Å². The van der Waals surface area contributed by atoms with Crippen molar-refractivity contribution in [2.45, 2.75) is 38.8 Å². The number of anilines is 1. The highest BCUT2D eigenvalue weighted by Crippen LogP contribution is 2.37. The van der Waals surface area contributed by atoms with E-state index in [1.165, 1.54) is 12.8 Å². The van der Waals surface area contributed by atoms with Crippen molar-refractivity contribution in [2.75, 3.05) is 18.5 Å². The summed E-state index contributed by atoms with van der Waals surface area (Å²) in [6.45, 7) is 5.03. The molecule has 0 saturated heterocycles. The molecular formula is C14H21FN2. The number of halogens is 1. The van der Waals surface area contributed by atoms with Crippen LogP contribution in [0.4, 0.5) is 10.1 Å². The molecule has 1 unspecified atom stereocenters. The van der Waals surface area contributed by atoms with Gasteiger partial charge in [0.1, 0.15) is 5.82 Å². The van der Waals surface area contributed by atoms with E-state index in [0.717, 1.165) is 17.8 Å². The van der Waals surface area contributed by atoms with Crippen molar-refractivity contribution in [1.82, 2.24) is 5.32 Å². The van der Waals surface area contributed by atoms with E-state index in [-0.39, 0.29) is 11.9 Å². The summed E-state index contributed by atoms with van der Waals surface area (Å²) in [6.07, 6.45) is 2.38. The normalized spacial score (nSPS) is 16.9. The predicted molar refractivity (Wildman–Crippen MR) is 69.9 cm³/mol. The summed E-state index contributed by atoms with van der Waals surface area (Å²) in [4.78, 5) is 2.21. The topological polar surface area (TPSA) is 15.3 Å². The average molecular weight is 236 g/mol. The summed E-state index contributed by atoms with van der Waals surface area (Å²) in [5, 5.41) is 3.19. The first-order valence-electron chi connectivity index (χ1n) is 6.41. The lowest BCUT2D eigenvalue weighted by atomic mass is 10.0. The molecule has 1 aromatic rings. The number of hydrogen-bond donors (Lipinski definition) is 1. The lowest BCUT2D eigenvalue weighted by Gasteiger charge is -2.28. The summed E-state index contributed by atoms with van der Waals surface area (Å²) < 4.78 is 14.1. The van der Waals surface area contributed by atoms with E-state index in [0.29, 0.717) is 6.04 Å². The van der Waals surface area contributed by atoms with Crippen molar-refractivity contribution in [3.8, 4) is 0 Å². The third kappa shape index (κ3) is 2.44. The van der Waals surface area contributed by atoms with Crippen molar-refractivity contribution in [1.29, 1.82) is 0 Å². The fourth-order valence-electron chi connectivity index (χ4n) is 2.33. The lowest BCUT2D eigenvalue weighted by Crippen LogP contribution is -2.28. The molecule has 3 heteroatoms. The molecule has 0 bridgehead atoms. The second-order valence-corrected chi connectivity index (χ2v) is 4.71. The van der Waals surface area contributed by atoms with Gasteiger partial charge in [-0.15, -0.1) is 0 Å². The Kier molecular flexibility index (Phi) is 3.67. The highest BCUT2D eigenvalue weighted by Gasteiger charge is 2.31. The van der Waals surface area contributed by atoms with Gasteiger partial charge >= 0.3 is 0 Å². The summed E-state index contributed by atoms with van der Waals surface area (Å²) in [6, 6.07) is 6.09. The molecule has 0 heterocycles. The van der Waals surface area contributed by atoms with Crippen LogP contribution in [0.5, 0.6) is 0 Å². The van der Waals surface area contributed by atoms with Gasteiger partial charge in [-0.05, 0) is 45.4 Å². The molecule has 0 amide bonds. The lowest BCUT2D eigenvalue weighted by molar-refractivity contribution is 0.597. The zero-order valence-electron chi connectivity index (χ0n) is 10.8. The molecular weight excluding hydrogens is 215 g/mol. The number of para-hydroxylation sites is 1. The standard InChI is InChI=1S/C14H21FN2/c1-4-17(11-8-9-11)14-12(10(2)16-3)6-5-7-13(14)15/h5-7,10-11,16H,4,8-9H2,1-3H3. The molecule has 1 aromatic carbocycles. The van der Waals surface area contributed by atoms with E-state index < -0.39 is 0 Å². The maximum Gasteiger partial charge on any atom is 0.146 e. The van der Waals surface area contributed by atoms with E-state index in [1.807, 2.05) is 13.1 Å². The van der Waals surface area contributed by atoms with Crippen molar-refractivity contribution in [2.24, 2.45) is 0 Å². The average Bonchev–Trinajstić information content (AvgIpc) is 3.15. The van der Waals surface area contributed by atoms with E-state index in [4.69, 9.17) is 0 Å². The van der Waals surface area contributed by atoms with Gasteiger partial charge in [0.15, 0.2) is 0 Å². The third-order valence-corrected chi connectivity index (χ3v) is 3.53. The second-order valence-electron chi connectivity index (χ2n) is 4.71. The van der Waals surface area contributed by atoms with Crippen LogP contribution < -0.4 is 10.2 Å². The Labute approximate surface area is 103 Å². The number of nitrogens with one attached hydrogen (secondary N) is 1. The molecule has 1 aliphatic carbocycles. The summed E-state index contributed by atoms with van der Waals surface area (Å²) in [7, 11) is 1.91. The van der Waals surface area contributed by atoms with Gasteiger partial charge in [-0.25, -0.2) is 4.39 Å². The zero-order chi connectivity index (χ0) is 12.4. The third-order valence-electron chi connectivity index (χ3n) is 3.53. The summed E-state index contributed by atoms with van der Waals surface area (Å²) in [5.41, 5.74) is 1.85. The first-order chi connectivity index (χ1) is 8.19. The molecule has 0 radical (unpaired) electrons. The van der Waals surface area contributed by atoms with Gasteiger partial charge in [0, 0.05) is 18.6 Å². The van der Waals surface area contributed by atoms with Crippen LogP contribution in [-0.2, 0) is 0 Å². The van der Waals surface area contributed by atoms with Crippen LogP contribution in [0.2, 0.25) is 0 Å². The van der Waals surface area contributed by atoms with Gasteiger partial charge in [-0.2, -0.15) is 0 Å². The molecule has 94 valence electrons. The molecule has 0 aromatic heterocycles. The Bertz CT molecular complexity index is 388. The minimum atomic E-state index is -0.0988. The zero-order valence-corrected chi connectivity index (χ0v) is 10.8. The Morgan fingerprint density at radius 1 is 1.47 bits per heavy atom. The largest absolute Gasteiger partial charge is 0.366 e. The molecule has 1 fully saturated rings. The highest BCUT2D eigenvalue weighted by atomic mass is 19.1. The van der Waals surface area contributed by atoms with E-state index in [2.05, 4.69) is 24.1 Å². The van der Waals surface area contributed by atoms with Crippen LogP contribution in [0.3, 0.4) is 0 Å². The molecule has 2 nitrogen and oxygen atoms in total. The molecule has 0 aliphatic heterocycles. The fraction of sp³-hybridized carbons (Fsp3) is 0.571. The van der Waals surface area contributed by atoms with Gasteiger partial charge in [-0.1, -0.05) is 12.1 Å². The maximum absolute atomic E-state index is 14.1. The van der Waals surface area contributed by atoms with Crippen molar-refractivity contribution in [3.05, 3.63) is 29.6 Å². The van der Waals surface area contributed by atoms with Gasteiger partial charge in [0.05, 0.1) is 5.69 Å². The Balaban J connectivity index is 2.41. The smallest absolute Gasteiger partial charge is 0.146 e. The molecule has 2 rings (SSSR count). The minimum Gasteiger partial charge on any atom is -0.366 e. The van der Waals surface area contributed by atoms with Crippen LogP contribution in [-0.4, -0.2) is 19.6 Å². The number of nitrogens with zero attached hydrogens (tertiary/aromatic N) is 1. The van der Waals surface area contributed by atoms with Crippen LogP contribution in [0, 0.1) is 5.82 Å². The fourth-order valence-corrected chi connectivity index (χ4v) is 2.33. The van der Waals surface area contributed by atoms with E-state index in [9.17, 15) is 4.39 Å². The van der Waals surface area contributed by atoms with Crippen molar-refractivity contribution in [3.63, 3.8) is 0 Å². The number of rotatable bonds is 5. The van der Waals surface area contributed by atoms with Gasteiger partial charge in [0.25, 0.3) is 0 Å². The quantitative estimate of drug-likeness (QED) is 0.845. The molecule has 0 spiro atoms. The molecule has 1 atom stereocenters. The van der Waals surface area contributed by atoms with Crippen LogP contribution in [0.15, 0.2) is 18.2 Å². The van der Waals surface area contributed by atoms with Crippen molar-refractivity contribution < 1.29 is 4.39 Å². The Hall–Kier alpha value is -1.09. The minimum absolute atomic E-state index is 0.0988. The number of benzene rings is 1. The maximum atomic E-state index is 14.1. The van der Waals surface area contributed by atoms with Crippen LogP contribution in [0.25, 0.3) is 0 Å². The molecule has 1 N–H and O–H groups in total. The Morgan fingerprint density at radius 3 is 2.71 bits per heavy atom. The molecule has 1 aliphatic rings. The van der Waals surface area contributed by atoms with E-state index in [1.54, 1.807) is 12.1 Å².